The molecule has 0 bridgehead atoms. The van der Waals surface area contributed by atoms with Crippen LogP contribution in [0.3, 0.4) is 0 Å². The number of nitrogens with zero attached hydrogens (tertiary/aromatic N) is 4. The van der Waals surface area contributed by atoms with Crippen molar-refractivity contribution in [3.05, 3.63) is 116 Å². The summed E-state index contributed by atoms with van der Waals surface area (Å²) >= 11 is 0.887. The molecule has 1 aromatic heterocycles. The number of aromatic nitrogens is 2. The van der Waals surface area contributed by atoms with Gasteiger partial charge in [0.15, 0.2) is 5.16 Å². The first-order valence-corrected chi connectivity index (χ1v) is 16.3. The average molecular weight is 692 g/mol. The largest absolute Gasteiger partial charge is 0.416 e. The number of alkyl halides is 3. The molecule has 6 nitrogen and oxygen atoms in total. The quantitative estimate of drug-likeness (QED) is 0.0825. The summed E-state index contributed by atoms with van der Waals surface area (Å²) in [6, 6.07) is -2.60. The number of likely N-dealkylation sites (N-methyl/N-ethyl adjacent to an activating group) is 1. The summed E-state index contributed by atoms with van der Waals surface area (Å²) in [5.74, 6) is -1.96. The van der Waals surface area contributed by atoms with E-state index >= 15 is 0 Å². The number of rotatable bonds is 13. The summed E-state index contributed by atoms with van der Waals surface area (Å²) in [4.78, 5) is 34.3. The Kier molecular flexibility index (Phi) is 7.56. The van der Waals surface area contributed by atoms with Crippen molar-refractivity contribution >= 4 is 17.7 Å². The molecule has 0 saturated carbocycles. The average Bonchev–Trinajstić information content (AvgIpc) is 3.65. The highest BCUT2D eigenvalue weighted by Crippen LogP contribution is 2.34. The molecule has 11 heteroatoms. The molecule has 48 heavy (non-hydrogen) atoms. The van der Waals surface area contributed by atoms with E-state index in [1.54, 1.807) is 18.7 Å². The molecule has 1 aliphatic carbocycles. The van der Waals surface area contributed by atoms with E-state index in [1.807, 2.05) is 0 Å². The third-order valence-corrected chi connectivity index (χ3v) is 8.79. The molecule has 3 aromatic carbocycles. The molecule has 0 radical (unpaired) electrons. The van der Waals surface area contributed by atoms with Crippen LogP contribution in [0, 0.1) is 12.7 Å². The molecule has 4 aromatic rings. The highest BCUT2D eigenvalue weighted by Gasteiger charge is 2.32. The van der Waals surface area contributed by atoms with E-state index in [-0.39, 0.29) is 41.6 Å². The Morgan fingerprint density at radius 3 is 2.35 bits per heavy atom. The number of halogens is 4. The van der Waals surface area contributed by atoms with Crippen molar-refractivity contribution in [3.8, 4) is 11.1 Å². The molecular weight excluding hydrogens is 640 g/mol. The highest BCUT2D eigenvalue weighted by molar-refractivity contribution is 7.98. The van der Waals surface area contributed by atoms with Crippen molar-refractivity contribution in [2.45, 2.75) is 70.1 Å². The number of hydrogen-bond acceptors (Lipinski definition) is 5. The number of benzene rings is 3. The van der Waals surface area contributed by atoms with Crippen LogP contribution in [0.1, 0.15) is 68.9 Å². The number of thioether (sulfide) groups is 1. The van der Waals surface area contributed by atoms with Gasteiger partial charge in [0, 0.05) is 36.6 Å². The van der Waals surface area contributed by atoms with Crippen molar-refractivity contribution in [3.63, 3.8) is 0 Å². The van der Waals surface area contributed by atoms with Gasteiger partial charge in [0.05, 0.1) is 20.6 Å². The lowest BCUT2D eigenvalue weighted by atomic mass is 9.98. The van der Waals surface area contributed by atoms with E-state index in [1.165, 1.54) is 24.3 Å². The summed E-state index contributed by atoms with van der Waals surface area (Å²) in [5, 5.41) is -0.228. The number of carbonyl (C=O) groups is 1. The fourth-order valence-corrected chi connectivity index (χ4v) is 6.07. The SMILES string of the molecule is [2H]c1c([2H])c(C([2H])([2H])N(CCN(CC)CC)C(=O)C([2H])([2H])n2c(SCc3ccc(F)cc3)nc(=O)c3c2CCC3)c([2H])c([2H])c1-c1c([2H])c([2H])c(C(F)(F)F)c(C)c1[2H]. The second kappa shape index (κ2) is 15.5. The summed E-state index contributed by atoms with van der Waals surface area (Å²) in [6.45, 7) is -1.87. The van der Waals surface area contributed by atoms with Crippen LogP contribution < -0.4 is 5.56 Å². The normalized spacial score (nSPS) is 16.7. The fraction of sp³-hybridized carbons (Fsp3) is 0.378. The predicted molar refractivity (Wildman–Crippen MR) is 181 cm³/mol. The summed E-state index contributed by atoms with van der Waals surface area (Å²) in [7, 11) is 0. The zero-order chi connectivity index (χ0) is 44.1. The lowest BCUT2D eigenvalue weighted by Gasteiger charge is -2.28. The minimum absolute atomic E-state index is 0.0528. The first kappa shape index (κ1) is 23.4. The van der Waals surface area contributed by atoms with Gasteiger partial charge in [-0.2, -0.15) is 18.2 Å². The topological polar surface area (TPSA) is 58.4 Å². The first-order chi connectivity index (χ1) is 27.4. The van der Waals surface area contributed by atoms with Crippen LogP contribution in [0.4, 0.5) is 17.6 Å². The molecule has 0 atom stereocenters. The van der Waals surface area contributed by atoms with Crippen molar-refractivity contribution in [2.75, 3.05) is 26.2 Å². The molecular formula is C37H40F4N4O2S. The Hall–Kier alpha value is -3.96. The minimum atomic E-state index is -5.14. The molecule has 0 saturated heterocycles. The Morgan fingerprint density at radius 2 is 1.69 bits per heavy atom. The predicted octanol–water partition coefficient (Wildman–Crippen LogP) is 7.53. The smallest absolute Gasteiger partial charge is 0.336 e. The van der Waals surface area contributed by atoms with Gasteiger partial charge in [0.1, 0.15) is 12.3 Å². The van der Waals surface area contributed by atoms with Crippen LogP contribution >= 0.6 is 11.8 Å². The number of carbonyl (C=O) groups excluding carboxylic acids is 1. The maximum Gasteiger partial charge on any atom is 0.416 e. The van der Waals surface area contributed by atoms with E-state index in [2.05, 4.69) is 4.98 Å². The molecule has 0 aliphatic heterocycles. The fourth-order valence-electron chi connectivity index (χ4n) is 5.15. The van der Waals surface area contributed by atoms with Gasteiger partial charge in [0.2, 0.25) is 5.91 Å². The van der Waals surface area contributed by atoms with Crippen LogP contribution in [0.15, 0.2) is 76.5 Å². The summed E-state index contributed by atoms with van der Waals surface area (Å²) in [6.07, 6.45) is -4.32. The van der Waals surface area contributed by atoms with E-state index < -0.39 is 113 Å². The van der Waals surface area contributed by atoms with Crippen molar-refractivity contribution in [1.82, 2.24) is 19.4 Å². The summed E-state index contributed by atoms with van der Waals surface area (Å²) in [5.41, 5.74) is -4.83. The van der Waals surface area contributed by atoms with E-state index in [4.69, 9.17) is 9.60 Å². The lowest BCUT2D eigenvalue weighted by Crippen LogP contribution is -2.40. The standard InChI is InChI=1S/C37H40F4N4O2S/c1-4-43(5-2)19-20-44(22-26-9-13-28(14-10-26)29-15-18-32(25(3)21-29)37(39,40)41)34(46)23-45-33-8-6-7-31(33)35(47)42-36(45)48-24-27-11-16-30(38)17-12-27/h9-18,21H,4-8,19-20,22-24H2,1-3H3/i9D,10D,13D,14D,15D,18D,21D,22D2,23D2. The Balaban J connectivity index is 1.70. The zero-order valence-electron chi connectivity index (χ0n) is 37.5. The second-order valence-corrected chi connectivity index (χ2v) is 11.9. The lowest BCUT2D eigenvalue weighted by molar-refractivity contribution is -0.138. The highest BCUT2D eigenvalue weighted by atomic mass is 32.2. The molecule has 0 N–H and O–H groups in total. The molecule has 0 fully saturated rings. The van der Waals surface area contributed by atoms with Gasteiger partial charge in [-0.05, 0) is 85.3 Å². The second-order valence-electron chi connectivity index (χ2n) is 10.9. The van der Waals surface area contributed by atoms with Gasteiger partial charge in [-0.25, -0.2) is 4.39 Å². The van der Waals surface area contributed by atoms with Gasteiger partial charge in [0.25, 0.3) is 5.56 Å². The maximum absolute atomic E-state index is 14.8. The molecule has 1 aliphatic rings. The van der Waals surface area contributed by atoms with Gasteiger partial charge in [-0.3, -0.25) is 9.59 Å². The molecule has 0 unspecified atom stereocenters. The van der Waals surface area contributed by atoms with Crippen LogP contribution in [0.25, 0.3) is 11.1 Å². The molecule has 1 amide bonds. The Morgan fingerprint density at radius 1 is 1.00 bits per heavy atom. The van der Waals surface area contributed by atoms with Crippen LogP contribution in [0.2, 0.25) is 0 Å². The van der Waals surface area contributed by atoms with Gasteiger partial charge in [-0.15, -0.1) is 0 Å². The van der Waals surface area contributed by atoms with Crippen molar-refractivity contribution in [1.29, 1.82) is 0 Å². The zero-order valence-corrected chi connectivity index (χ0v) is 27.3. The van der Waals surface area contributed by atoms with E-state index in [0.717, 1.165) is 23.3 Å². The van der Waals surface area contributed by atoms with E-state index in [9.17, 15) is 32.6 Å². The first-order valence-electron chi connectivity index (χ1n) is 20.8. The molecule has 1 heterocycles. The number of hydrogen-bond donors (Lipinski definition) is 0. The number of fused-ring (bicyclic) bond motifs is 1. The monoisotopic (exact) mass is 691 g/mol. The van der Waals surface area contributed by atoms with Crippen molar-refractivity contribution < 1.29 is 37.4 Å². The van der Waals surface area contributed by atoms with E-state index in [0.29, 0.717) is 30.0 Å². The van der Waals surface area contributed by atoms with Gasteiger partial charge >= 0.3 is 6.18 Å². The van der Waals surface area contributed by atoms with Gasteiger partial charge < -0.3 is 14.4 Å². The Labute approximate surface area is 298 Å². The van der Waals surface area contributed by atoms with Gasteiger partial charge in [-0.1, -0.05) is 74.0 Å². The molecule has 254 valence electrons. The number of amides is 1. The maximum atomic E-state index is 14.8. The molecule has 5 rings (SSSR count). The van der Waals surface area contributed by atoms with Crippen LogP contribution in [0.5, 0.6) is 0 Å². The third-order valence-electron chi connectivity index (χ3n) is 7.78. The third kappa shape index (κ3) is 8.54. The van der Waals surface area contributed by atoms with Crippen molar-refractivity contribution in [2.24, 2.45) is 0 Å². The Bertz CT molecular complexity index is 2300. The minimum Gasteiger partial charge on any atom is -0.336 e. The molecule has 0 spiro atoms. The summed E-state index contributed by atoms with van der Waals surface area (Å²) < 4.78 is 154. The van der Waals surface area contributed by atoms with Crippen LogP contribution in [-0.4, -0.2) is 51.4 Å². The van der Waals surface area contributed by atoms with Crippen LogP contribution in [-0.2, 0) is 42.6 Å².